The van der Waals surface area contributed by atoms with Gasteiger partial charge in [0, 0.05) is 6.42 Å². The van der Waals surface area contributed by atoms with Gasteiger partial charge in [-0.15, -0.1) is 0 Å². The molecule has 1 aliphatic heterocycles. The fourth-order valence-electron chi connectivity index (χ4n) is 5.50. The first-order valence-electron chi connectivity index (χ1n) is 13.6. The van der Waals surface area contributed by atoms with Gasteiger partial charge in [-0.2, -0.15) is 0 Å². The third kappa shape index (κ3) is 5.95. The lowest BCUT2D eigenvalue weighted by Crippen LogP contribution is -2.70. The molecule has 1 aliphatic carbocycles. The van der Waals surface area contributed by atoms with Crippen molar-refractivity contribution in [1.82, 2.24) is 10.3 Å². The van der Waals surface area contributed by atoms with E-state index >= 15 is 0 Å². The van der Waals surface area contributed by atoms with Gasteiger partial charge >= 0.3 is 0 Å². The van der Waals surface area contributed by atoms with Crippen LogP contribution in [0.2, 0.25) is 0 Å². The highest BCUT2D eigenvalue weighted by Crippen LogP contribution is 2.32. The van der Waals surface area contributed by atoms with Crippen LogP contribution in [0.15, 0.2) is 72.8 Å². The van der Waals surface area contributed by atoms with Crippen molar-refractivity contribution in [1.29, 1.82) is 0 Å². The van der Waals surface area contributed by atoms with E-state index in [-0.39, 0.29) is 30.6 Å². The quantitative estimate of drug-likeness (QED) is 0.184. The van der Waals surface area contributed by atoms with Gasteiger partial charge in [0.1, 0.15) is 5.92 Å². The molecule has 0 bridgehead atoms. The lowest BCUT2D eigenvalue weighted by molar-refractivity contribution is -0.208. The summed E-state index contributed by atoms with van der Waals surface area (Å²) in [5, 5.41) is 6.12. The number of aryl methyl sites for hydroxylation is 1. The molecule has 0 radical (unpaired) electrons. The number of carbonyl (C=O) groups excluding carboxylic acids is 3. The third-order valence-electron chi connectivity index (χ3n) is 7.69. The van der Waals surface area contributed by atoms with E-state index in [0.717, 1.165) is 52.6 Å². The molecule has 0 spiro atoms. The fourth-order valence-corrected chi connectivity index (χ4v) is 5.50. The van der Waals surface area contributed by atoms with Crippen LogP contribution in [0.5, 0.6) is 0 Å². The van der Waals surface area contributed by atoms with Crippen LogP contribution < -0.4 is 11.2 Å². The molecule has 2 amide bonds. The molecule has 7 heteroatoms. The number of β-lactam (4-membered cyclic amide) rings is 1. The number of benzene rings is 3. The van der Waals surface area contributed by atoms with Crippen LogP contribution in [0.25, 0.3) is 10.8 Å². The van der Waals surface area contributed by atoms with E-state index in [1.807, 2.05) is 72.8 Å². The van der Waals surface area contributed by atoms with Crippen molar-refractivity contribution in [3.05, 3.63) is 83.9 Å². The summed E-state index contributed by atoms with van der Waals surface area (Å²) in [6, 6.07) is 22.9. The topological polar surface area (TPSA) is 102 Å². The Morgan fingerprint density at radius 2 is 1.63 bits per heavy atom. The second kappa shape index (κ2) is 11.9. The first-order chi connectivity index (χ1) is 18.5. The Hall–Kier alpha value is -3.55. The lowest BCUT2D eigenvalue weighted by Gasteiger charge is -2.45. The van der Waals surface area contributed by atoms with Gasteiger partial charge in [-0.3, -0.25) is 14.4 Å². The van der Waals surface area contributed by atoms with E-state index in [4.69, 9.17) is 10.6 Å². The van der Waals surface area contributed by atoms with Crippen LogP contribution in [-0.2, 0) is 32.0 Å². The van der Waals surface area contributed by atoms with Gasteiger partial charge in [0.2, 0.25) is 5.91 Å². The molecule has 3 atom stereocenters. The summed E-state index contributed by atoms with van der Waals surface area (Å²) >= 11 is 0. The van der Waals surface area contributed by atoms with Crippen molar-refractivity contribution in [2.24, 2.45) is 11.8 Å². The largest absolute Gasteiger partial charge is 0.352 e. The average molecular weight is 514 g/mol. The van der Waals surface area contributed by atoms with Crippen LogP contribution in [0.1, 0.15) is 49.7 Å². The number of amides is 2. The van der Waals surface area contributed by atoms with Gasteiger partial charge < -0.3 is 10.1 Å². The molecule has 1 saturated carbocycles. The summed E-state index contributed by atoms with van der Waals surface area (Å²) in [5.74, 6) is 3.91. The molecule has 3 aromatic rings. The molecular weight excluding hydrogens is 478 g/mol. The van der Waals surface area contributed by atoms with Gasteiger partial charge in [0.15, 0.2) is 12.0 Å². The number of ether oxygens (including phenoxy) is 1. The van der Waals surface area contributed by atoms with E-state index in [0.29, 0.717) is 6.42 Å². The number of carbonyl (C=O) groups is 3. The van der Waals surface area contributed by atoms with Crippen LogP contribution in [-0.4, -0.2) is 41.0 Å². The van der Waals surface area contributed by atoms with Crippen LogP contribution in [0.3, 0.4) is 0 Å². The van der Waals surface area contributed by atoms with Crippen molar-refractivity contribution in [3.8, 4) is 0 Å². The second-order valence-electron chi connectivity index (χ2n) is 10.4. The van der Waals surface area contributed by atoms with Gasteiger partial charge in [-0.05, 0) is 47.6 Å². The molecule has 2 aliphatic rings. The normalized spacial score (nSPS) is 20.7. The number of hydrogen-bond donors (Lipinski definition) is 2. The Morgan fingerprint density at radius 1 is 0.921 bits per heavy atom. The Balaban J connectivity index is 1.33. The molecule has 198 valence electrons. The highest BCUT2D eigenvalue weighted by atomic mass is 16.5. The summed E-state index contributed by atoms with van der Waals surface area (Å²) in [4.78, 5) is 39.6. The van der Waals surface area contributed by atoms with Gasteiger partial charge in [0.05, 0.1) is 12.1 Å². The molecule has 0 aromatic heterocycles. The van der Waals surface area contributed by atoms with E-state index in [1.54, 1.807) is 0 Å². The SMILES string of the molecule is NN1C(=O)[C@H](C(=O)[C@H](Cc2ccc3ccccc3c2)NC(=O)CCc2ccccc2)C1OC1CCCCC1. The zero-order valence-corrected chi connectivity index (χ0v) is 21.6. The lowest BCUT2D eigenvalue weighted by atomic mass is 9.85. The van der Waals surface area contributed by atoms with E-state index in [1.165, 1.54) is 6.42 Å². The standard InChI is InChI=1S/C31H35N3O4/c32-34-30(37)28(31(34)38-25-13-5-2-6-14-25)29(36)26(33-27(35)18-16-21-9-3-1-4-10-21)20-22-15-17-23-11-7-8-12-24(23)19-22/h1,3-4,7-12,15,17,19,25-26,28,31H,2,5-6,13-14,16,18,20,32H2,(H,33,35)/t26-,28-,31?/m0/s1. The van der Waals surface area contributed by atoms with Gasteiger partial charge in [-0.25, -0.2) is 10.9 Å². The predicted octanol–water partition coefficient (Wildman–Crippen LogP) is 4.08. The zero-order chi connectivity index (χ0) is 26.5. The Bertz CT molecular complexity index is 1290. The van der Waals surface area contributed by atoms with Crippen molar-refractivity contribution in [2.75, 3.05) is 0 Å². The molecule has 2 fully saturated rings. The van der Waals surface area contributed by atoms with E-state index in [9.17, 15) is 14.4 Å². The number of Topliss-reactive ketones (excluding diaryl/α,β-unsaturated/α-hetero) is 1. The maximum atomic E-state index is 13.8. The molecule has 7 nitrogen and oxygen atoms in total. The monoisotopic (exact) mass is 513 g/mol. The van der Waals surface area contributed by atoms with Gasteiger partial charge in [0.25, 0.3) is 5.91 Å². The second-order valence-corrected chi connectivity index (χ2v) is 10.4. The average Bonchev–Trinajstić information content (AvgIpc) is 2.96. The summed E-state index contributed by atoms with van der Waals surface area (Å²) in [6.45, 7) is 0. The number of hydrazine groups is 1. The minimum absolute atomic E-state index is 0.0115. The van der Waals surface area contributed by atoms with Gasteiger partial charge in [-0.1, -0.05) is 92.1 Å². The number of ketones is 1. The Morgan fingerprint density at radius 3 is 2.39 bits per heavy atom. The van der Waals surface area contributed by atoms with Crippen molar-refractivity contribution < 1.29 is 19.1 Å². The van der Waals surface area contributed by atoms with Crippen LogP contribution >= 0.6 is 0 Å². The molecule has 5 rings (SSSR count). The first-order valence-corrected chi connectivity index (χ1v) is 13.6. The smallest absolute Gasteiger partial charge is 0.254 e. The highest BCUT2D eigenvalue weighted by Gasteiger charge is 2.54. The molecule has 1 saturated heterocycles. The summed E-state index contributed by atoms with van der Waals surface area (Å²) in [6.07, 6.45) is 5.39. The van der Waals surface area contributed by atoms with E-state index < -0.39 is 24.1 Å². The molecule has 1 heterocycles. The molecular formula is C31H35N3O4. The molecule has 1 unspecified atom stereocenters. The number of fused-ring (bicyclic) bond motifs is 1. The summed E-state index contributed by atoms with van der Waals surface area (Å²) < 4.78 is 6.16. The van der Waals surface area contributed by atoms with E-state index in [2.05, 4.69) is 5.32 Å². The highest BCUT2D eigenvalue weighted by molar-refractivity contribution is 6.08. The third-order valence-corrected chi connectivity index (χ3v) is 7.69. The zero-order valence-electron chi connectivity index (χ0n) is 21.6. The minimum atomic E-state index is -1.01. The summed E-state index contributed by atoms with van der Waals surface area (Å²) in [5.41, 5.74) is 1.96. The van der Waals surface area contributed by atoms with Crippen molar-refractivity contribution in [2.45, 2.75) is 69.7 Å². The first kappa shape index (κ1) is 26.1. The van der Waals surface area contributed by atoms with Crippen LogP contribution in [0, 0.1) is 5.92 Å². The Kier molecular flexibility index (Phi) is 8.15. The van der Waals surface area contributed by atoms with Crippen LogP contribution in [0.4, 0.5) is 0 Å². The number of nitrogens with two attached hydrogens (primary N) is 1. The molecule has 3 aromatic carbocycles. The summed E-state index contributed by atoms with van der Waals surface area (Å²) in [7, 11) is 0. The maximum absolute atomic E-state index is 13.8. The minimum Gasteiger partial charge on any atom is -0.352 e. The molecule has 3 N–H and O–H groups in total. The predicted molar refractivity (Wildman–Crippen MR) is 146 cm³/mol. The Labute approximate surface area is 223 Å². The maximum Gasteiger partial charge on any atom is 0.254 e. The number of nitrogens with one attached hydrogen (secondary N) is 1. The molecule has 38 heavy (non-hydrogen) atoms. The van der Waals surface area contributed by atoms with Crippen molar-refractivity contribution in [3.63, 3.8) is 0 Å². The number of rotatable bonds is 10. The number of hydrogen-bond acceptors (Lipinski definition) is 5. The van der Waals surface area contributed by atoms with Crippen molar-refractivity contribution >= 4 is 28.4 Å². The fraction of sp³-hybridized carbons (Fsp3) is 0.387. The number of nitrogens with zero attached hydrogens (tertiary/aromatic N) is 1.